The highest BCUT2D eigenvalue weighted by Crippen LogP contribution is 2.34. The summed E-state index contributed by atoms with van der Waals surface area (Å²) >= 11 is 0. The first-order valence-electron chi connectivity index (χ1n) is 11.6. The molecular formula is C25H23F4N5O2. The van der Waals surface area contributed by atoms with Crippen molar-refractivity contribution in [1.29, 1.82) is 0 Å². The van der Waals surface area contributed by atoms with Crippen LogP contribution in [0.4, 0.5) is 17.6 Å². The van der Waals surface area contributed by atoms with E-state index in [1.165, 1.54) is 0 Å². The quantitative estimate of drug-likeness (QED) is 0.432. The number of rotatable bonds is 3. The molecule has 188 valence electrons. The maximum absolute atomic E-state index is 13.3. The van der Waals surface area contributed by atoms with Gasteiger partial charge in [0.15, 0.2) is 0 Å². The summed E-state index contributed by atoms with van der Waals surface area (Å²) in [6.07, 6.45) is -1.14. The summed E-state index contributed by atoms with van der Waals surface area (Å²) in [5.74, 6) is -0.971. The number of carbonyl (C=O) groups excluding carboxylic acids is 2. The van der Waals surface area contributed by atoms with Gasteiger partial charge >= 0.3 is 6.18 Å². The molecule has 0 saturated carbocycles. The Morgan fingerprint density at radius 3 is 2.33 bits per heavy atom. The highest BCUT2D eigenvalue weighted by atomic mass is 19.4. The first-order chi connectivity index (χ1) is 17.2. The fraction of sp³-hybridized carbons (Fsp3) is 0.360. The first-order valence-corrected chi connectivity index (χ1v) is 11.6. The maximum atomic E-state index is 13.3. The molecule has 0 spiro atoms. The van der Waals surface area contributed by atoms with Crippen LogP contribution in [0.5, 0.6) is 0 Å². The van der Waals surface area contributed by atoms with Gasteiger partial charge in [-0.1, -0.05) is 6.07 Å². The Morgan fingerprint density at radius 1 is 0.944 bits per heavy atom. The van der Waals surface area contributed by atoms with Crippen LogP contribution in [0, 0.1) is 17.7 Å². The molecule has 2 saturated heterocycles. The normalized spacial score (nSPS) is 20.7. The molecule has 0 aliphatic carbocycles. The number of alkyl halides is 3. The summed E-state index contributed by atoms with van der Waals surface area (Å²) in [5, 5.41) is 10.6. The molecule has 2 atom stereocenters. The first kappa shape index (κ1) is 24.0. The number of H-pyrrole nitrogens is 1. The smallest absolute Gasteiger partial charge is 0.339 e. The number of carbonyl (C=O) groups is 2. The van der Waals surface area contributed by atoms with E-state index in [2.05, 4.69) is 15.4 Å². The van der Waals surface area contributed by atoms with Crippen LogP contribution >= 0.6 is 0 Å². The van der Waals surface area contributed by atoms with Crippen molar-refractivity contribution in [2.24, 2.45) is 11.8 Å². The van der Waals surface area contributed by atoms with Crippen molar-refractivity contribution in [3.05, 3.63) is 65.0 Å². The van der Waals surface area contributed by atoms with E-state index in [0.717, 1.165) is 24.3 Å². The molecule has 0 radical (unpaired) electrons. The van der Waals surface area contributed by atoms with Crippen LogP contribution in [-0.2, 0) is 11.0 Å². The summed E-state index contributed by atoms with van der Waals surface area (Å²) in [6, 6.07) is 7.58. The fourth-order valence-electron chi connectivity index (χ4n) is 5.08. The molecule has 2 aliphatic heterocycles. The highest BCUT2D eigenvalue weighted by molar-refractivity contribution is 5.97. The number of nitrogens with one attached hydrogen (secondary N) is 1. The van der Waals surface area contributed by atoms with E-state index in [1.54, 1.807) is 23.1 Å². The molecule has 36 heavy (non-hydrogen) atoms. The zero-order valence-corrected chi connectivity index (χ0v) is 19.1. The van der Waals surface area contributed by atoms with Gasteiger partial charge < -0.3 is 9.80 Å². The minimum absolute atomic E-state index is 0.0661. The second kappa shape index (κ2) is 9.36. The third kappa shape index (κ3) is 4.82. The topological polar surface area (TPSA) is 82.2 Å². The van der Waals surface area contributed by atoms with E-state index in [1.807, 2.05) is 4.90 Å². The van der Waals surface area contributed by atoms with E-state index in [0.29, 0.717) is 61.7 Å². The number of likely N-dealkylation sites (tertiary alicyclic amines) is 2. The van der Waals surface area contributed by atoms with E-state index in [4.69, 9.17) is 0 Å². The lowest BCUT2D eigenvalue weighted by atomic mass is 9.92. The Bertz CT molecular complexity index is 1320. The molecule has 0 bridgehead atoms. The van der Waals surface area contributed by atoms with Crippen molar-refractivity contribution >= 4 is 28.9 Å². The second-order valence-electron chi connectivity index (χ2n) is 9.22. The van der Waals surface area contributed by atoms with Crippen molar-refractivity contribution in [2.45, 2.75) is 19.0 Å². The predicted octanol–water partition coefficient (Wildman–Crippen LogP) is 4.14. The number of aromatic nitrogens is 3. The van der Waals surface area contributed by atoms with Gasteiger partial charge in [-0.15, -0.1) is 0 Å². The van der Waals surface area contributed by atoms with Gasteiger partial charge in [-0.3, -0.25) is 9.59 Å². The van der Waals surface area contributed by atoms with Gasteiger partial charge in [0.1, 0.15) is 16.9 Å². The van der Waals surface area contributed by atoms with Gasteiger partial charge in [0.25, 0.3) is 5.91 Å². The number of hydrogen-bond acceptors (Lipinski definition) is 4. The minimum Gasteiger partial charge on any atom is -0.339 e. The van der Waals surface area contributed by atoms with Crippen LogP contribution in [0.1, 0.15) is 34.3 Å². The molecule has 2 fully saturated rings. The molecule has 3 aromatic rings. The molecule has 1 unspecified atom stereocenters. The Kier molecular flexibility index (Phi) is 6.23. The summed E-state index contributed by atoms with van der Waals surface area (Å²) in [5.41, 5.74) is 0.477. The third-order valence-corrected chi connectivity index (χ3v) is 7.00. The van der Waals surface area contributed by atoms with Crippen molar-refractivity contribution in [3.8, 4) is 0 Å². The van der Waals surface area contributed by atoms with Crippen LogP contribution in [0.2, 0.25) is 0 Å². The summed E-state index contributed by atoms with van der Waals surface area (Å²) in [7, 11) is 0. The number of amides is 2. The lowest BCUT2D eigenvalue weighted by Crippen LogP contribution is -2.33. The number of nitrogens with zero attached hydrogens (tertiary/aromatic N) is 4. The van der Waals surface area contributed by atoms with Crippen LogP contribution in [-0.4, -0.2) is 63.2 Å². The number of aromatic amines is 1. The molecule has 7 nitrogen and oxygen atoms in total. The van der Waals surface area contributed by atoms with Gasteiger partial charge in [0.2, 0.25) is 5.91 Å². The maximum Gasteiger partial charge on any atom is 0.417 e. The summed E-state index contributed by atoms with van der Waals surface area (Å²) in [6.45, 7) is 2.07. The van der Waals surface area contributed by atoms with Crippen LogP contribution in [0.15, 0.2) is 42.5 Å². The number of halogens is 4. The van der Waals surface area contributed by atoms with Crippen molar-refractivity contribution in [1.82, 2.24) is 25.2 Å². The lowest BCUT2D eigenvalue weighted by Gasteiger charge is -2.21. The minimum atomic E-state index is -4.73. The average Bonchev–Trinajstić information content (AvgIpc) is 3.44. The molecule has 2 aromatic carbocycles. The molecular weight excluding hydrogens is 478 g/mol. The lowest BCUT2D eigenvalue weighted by molar-refractivity contribution is -0.138. The van der Waals surface area contributed by atoms with Crippen LogP contribution < -0.4 is 0 Å². The highest BCUT2D eigenvalue weighted by Gasteiger charge is 2.38. The number of benzene rings is 2. The molecule has 5 rings (SSSR count). The Morgan fingerprint density at radius 2 is 1.64 bits per heavy atom. The molecule has 1 aromatic heterocycles. The number of hydrogen-bond donors (Lipinski definition) is 1. The van der Waals surface area contributed by atoms with Crippen molar-refractivity contribution in [3.63, 3.8) is 0 Å². The van der Waals surface area contributed by atoms with Gasteiger partial charge in [-0.25, -0.2) is 4.39 Å². The van der Waals surface area contributed by atoms with E-state index >= 15 is 0 Å². The average molecular weight is 501 g/mol. The second-order valence-corrected chi connectivity index (χ2v) is 9.22. The van der Waals surface area contributed by atoms with Crippen LogP contribution in [0.25, 0.3) is 17.1 Å². The van der Waals surface area contributed by atoms with Crippen molar-refractivity contribution in [2.75, 3.05) is 26.2 Å². The predicted molar refractivity (Wildman–Crippen MR) is 123 cm³/mol. The van der Waals surface area contributed by atoms with Gasteiger partial charge in [-0.05, 0) is 66.6 Å². The van der Waals surface area contributed by atoms with Crippen molar-refractivity contribution < 1.29 is 27.2 Å². The molecule has 11 heteroatoms. The zero-order chi connectivity index (χ0) is 25.4. The third-order valence-electron chi connectivity index (χ3n) is 7.00. The SMILES string of the molecule is O=C(/C=C/c1ccc(F)cc1C(F)(F)F)N1CCC2CN(C(=O)c3ccc4n[nH]nc4c3)C[C@H]2CC1. The molecule has 2 aliphatic rings. The van der Waals surface area contributed by atoms with E-state index in [9.17, 15) is 27.2 Å². The number of fused-ring (bicyclic) bond motifs is 2. The Balaban J connectivity index is 1.21. The molecule has 2 amide bonds. The van der Waals surface area contributed by atoms with E-state index in [-0.39, 0.29) is 29.2 Å². The zero-order valence-electron chi connectivity index (χ0n) is 19.1. The molecule has 1 N–H and O–H groups in total. The van der Waals surface area contributed by atoms with Gasteiger partial charge in [-0.2, -0.15) is 28.6 Å². The Labute approximate surface area is 203 Å². The summed E-state index contributed by atoms with van der Waals surface area (Å²) < 4.78 is 53.0. The van der Waals surface area contributed by atoms with Gasteiger partial charge in [0.05, 0.1) is 5.56 Å². The van der Waals surface area contributed by atoms with Crippen LogP contribution in [0.3, 0.4) is 0 Å². The standard InChI is InChI=1S/C25H23F4N5O2/c26-19-4-1-15(20(12-19)25(27,28)29)3-6-23(35)33-9-7-17-13-34(14-18(17)8-10-33)24(36)16-2-5-21-22(11-16)31-32-30-21/h1-6,11-12,17-18H,7-10,13-14H2,(H,30,31,32)/b6-3+/t17-,18?/m1/s1. The fourth-order valence-corrected chi connectivity index (χ4v) is 5.08. The molecule has 3 heterocycles. The largest absolute Gasteiger partial charge is 0.417 e. The Hall–Kier alpha value is -3.76. The van der Waals surface area contributed by atoms with E-state index < -0.39 is 17.6 Å². The monoisotopic (exact) mass is 501 g/mol. The summed E-state index contributed by atoms with van der Waals surface area (Å²) in [4.78, 5) is 29.2. The van der Waals surface area contributed by atoms with Gasteiger partial charge in [0, 0.05) is 37.8 Å².